The number of carbonyl (C=O) groups is 1. The number of hydrogen-bond acceptors (Lipinski definition) is 1. The van der Waals surface area contributed by atoms with E-state index in [1.807, 2.05) is 0 Å². The van der Waals surface area contributed by atoms with Crippen LogP contribution in [0.15, 0.2) is 24.3 Å². The van der Waals surface area contributed by atoms with Crippen LogP contribution in [0.3, 0.4) is 0 Å². The van der Waals surface area contributed by atoms with Crippen LogP contribution < -0.4 is 5.73 Å². The lowest BCUT2D eigenvalue weighted by Gasteiger charge is -2.21. The number of carbonyl (C=O) groups excluding carboxylic acids is 1. The number of benzene rings is 1. The van der Waals surface area contributed by atoms with Crippen LogP contribution in [0.25, 0.3) is 0 Å². The first-order valence-corrected chi connectivity index (χ1v) is 8.94. The van der Waals surface area contributed by atoms with E-state index >= 15 is 0 Å². The number of hydrogen-bond donors (Lipinski definition) is 1. The third-order valence-electron chi connectivity index (χ3n) is 3.97. The summed E-state index contributed by atoms with van der Waals surface area (Å²) in [5.41, 5.74) is 8.30. The summed E-state index contributed by atoms with van der Waals surface area (Å²) < 4.78 is 0. The van der Waals surface area contributed by atoms with Gasteiger partial charge in [0.15, 0.2) is 0 Å². The molecule has 0 saturated heterocycles. The van der Waals surface area contributed by atoms with Crippen molar-refractivity contribution in [1.82, 2.24) is 4.90 Å². The van der Waals surface area contributed by atoms with Gasteiger partial charge in [-0.3, -0.25) is 0 Å². The molecule has 0 heterocycles. The summed E-state index contributed by atoms with van der Waals surface area (Å²) in [6, 6.07) is 8.25. The summed E-state index contributed by atoms with van der Waals surface area (Å²) >= 11 is 0. The summed E-state index contributed by atoms with van der Waals surface area (Å²) in [6.07, 6.45) is 7.01. The van der Waals surface area contributed by atoms with Gasteiger partial charge in [0.2, 0.25) is 0 Å². The van der Waals surface area contributed by atoms with Crippen molar-refractivity contribution in [1.29, 1.82) is 0 Å². The van der Waals surface area contributed by atoms with Gasteiger partial charge in [0.05, 0.1) is 0 Å². The highest BCUT2D eigenvalue weighted by Gasteiger charge is 2.12. The zero-order chi connectivity index (χ0) is 17.3. The molecule has 0 aromatic heterocycles. The monoisotopic (exact) mass is 318 g/mol. The lowest BCUT2D eigenvalue weighted by Crippen LogP contribution is -2.35. The Morgan fingerprint density at radius 3 is 2.09 bits per heavy atom. The fourth-order valence-corrected chi connectivity index (χ4v) is 2.77. The molecule has 3 nitrogen and oxygen atoms in total. The highest BCUT2D eigenvalue weighted by Crippen LogP contribution is 2.21. The van der Waals surface area contributed by atoms with E-state index < -0.39 is 0 Å². The van der Waals surface area contributed by atoms with Crippen molar-refractivity contribution in [2.45, 2.75) is 72.8 Å². The van der Waals surface area contributed by atoms with Gasteiger partial charge in [0, 0.05) is 13.1 Å². The second kappa shape index (κ2) is 9.59. The molecule has 2 N–H and O–H groups in total. The Hall–Kier alpha value is -1.51. The maximum absolute atomic E-state index is 11.6. The quantitative estimate of drug-likeness (QED) is 0.631. The molecule has 0 atom stereocenters. The third kappa shape index (κ3) is 8.63. The zero-order valence-electron chi connectivity index (χ0n) is 15.4. The average molecular weight is 319 g/mol. The Kier molecular flexibility index (Phi) is 8.15. The molecule has 23 heavy (non-hydrogen) atoms. The standard InChI is InChI=1S/C20H34N2O/c1-5-6-7-8-9-14-22(19(21)23)16-18-12-10-17(11-13-18)15-20(2,3)4/h10-13H,5-9,14-16H2,1-4H3,(H2,21,23). The summed E-state index contributed by atoms with van der Waals surface area (Å²) in [5, 5.41) is 0. The zero-order valence-corrected chi connectivity index (χ0v) is 15.4. The first kappa shape index (κ1) is 19.5. The normalized spacial score (nSPS) is 11.5. The van der Waals surface area contributed by atoms with Crippen LogP contribution in [0.1, 0.15) is 70.9 Å². The maximum atomic E-state index is 11.6. The number of nitrogens with zero attached hydrogens (tertiary/aromatic N) is 1. The van der Waals surface area contributed by atoms with Gasteiger partial charge in [-0.2, -0.15) is 0 Å². The smallest absolute Gasteiger partial charge is 0.315 e. The molecule has 0 aliphatic carbocycles. The summed E-state index contributed by atoms with van der Waals surface area (Å²) in [7, 11) is 0. The van der Waals surface area contributed by atoms with Gasteiger partial charge in [0.1, 0.15) is 0 Å². The van der Waals surface area contributed by atoms with Gasteiger partial charge < -0.3 is 10.6 Å². The topological polar surface area (TPSA) is 46.3 Å². The molecule has 1 aromatic rings. The molecule has 0 bridgehead atoms. The van der Waals surface area contributed by atoms with Crippen molar-refractivity contribution < 1.29 is 4.79 Å². The van der Waals surface area contributed by atoms with Crippen molar-refractivity contribution in [2.24, 2.45) is 11.1 Å². The Balaban J connectivity index is 2.51. The Morgan fingerprint density at radius 2 is 1.57 bits per heavy atom. The predicted molar refractivity (Wildman–Crippen MR) is 98.4 cm³/mol. The Bertz CT molecular complexity index is 460. The molecule has 0 unspecified atom stereocenters. The highest BCUT2D eigenvalue weighted by molar-refractivity contribution is 5.71. The van der Waals surface area contributed by atoms with Crippen LogP contribution in [0.4, 0.5) is 4.79 Å². The van der Waals surface area contributed by atoms with E-state index in [1.165, 1.54) is 31.2 Å². The summed E-state index contributed by atoms with van der Waals surface area (Å²) in [5.74, 6) is 0. The minimum atomic E-state index is -0.320. The van der Waals surface area contributed by atoms with E-state index in [9.17, 15) is 4.79 Å². The lowest BCUT2D eigenvalue weighted by molar-refractivity contribution is 0.203. The molecule has 0 aliphatic rings. The van der Waals surface area contributed by atoms with E-state index in [4.69, 9.17) is 5.73 Å². The van der Waals surface area contributed by atoms with E-state index in [0.29, 0.717) is 12.0 Å². The molecule has 0 saturated carbocycles. The van der Waals surface area contributed by atoms with Gasteiger partial charge in [0.25, 0.3) is 0 Å². The molecule has 3 heteroatoms. The molecule has 0 fully saturated rings. The van der Waals surface area contributed by atoms with Crippen molar-refractivity contribution in [3.8, 4) is 0 Å². The molecular formula is C20H34N2O. The van der Waals surface area contributed by atoms with Gasteiger partial charge in [-0.05, 0) is 29.4 Å². The van der Waals surface area contributed by atoms with Crippen LogP contribution in [0.5, 0.6) is 0 Å². The lowest BCUT2D eigenvalue weighted by atomic mass is 9.88. The van der Waals surface area contributed by atoms with Gasteiger partial charge in [-0.1, -0.05) is 77.6 Å². The number of rotatable bonds is 9. The van der Waals surface area contributed by atoms with E-state index in [-0.39, 0.29) is 6.03 Å². The number of unbranched alkanes of at least 4 members (excludes halogenated alkanes) is 4. The predicted octanol–water partition coefficient (Wildman–Crippen LogP) is 5.13. The largest absolute Gasteiger partial charge is 0.351 e. The number of nitrogens with two attached hydrogens (primary N) is 1. The van der Waals surface area contributed by atoms with Crippen LogP contribution in [-0.4, -0.2) is 17.5 Å². The van der Waals surface area contributed by atoms with Crippen LogP contribution in [-0.2, 0) is 13.0 Å². The molecule has 0 spiro atoms. The Labute approximate surface area is 142 Å². The van der Waals surface area contributed by atoms with Crippen molar-refractivity contribution in [3.63, 3.8) is 0 Å². The average Bonchev–Trinajstić information content (AvgIpc) is 2.46. The molecule has 130 valence electrons. The van der Waals surface area contributed by atoms with Gasteiger partial charge >= 0.3 is 6.03 Å². The van der Waals surface area contributed by atoms with Crippen LogP contribution >= 0.6 is 0 Å². The van der Waals surface area contributed by atoms with E-state index in [1.54, 1.807) is 4.90 Å². The first-order chi connectivity index (χ1) is 10.8. The fraction of sp³-hybridized carbons (Fsp3) is 0.650. The minimum Gasteiger partial charge on any atom is -0.351 e. The SMILES string of the molecule is CCCCCCCN(Cc1ccc(CC(C)(C)C)cc1)C(N)=O. The van der Waals surface area contributed by atoms with Crippen molar-refractivity contribution in [3.05, 3.63) is 35.4 Å². The number of urea groups is 1. The molecule has 0 radical (unpaired) electrons. The molecular weight excluding hydrogens is 284 g/mol. The first-order valence-electron chi connectivity index (χ1n) is 8.94. The van der Waals surface area contributed by atoms with Crippen LogP contribution in [0, 0.1) is 5.41 Å². The fourth-order valence-electron chi connectivity index (χ4n) is 2.77. The molecule has 1 aromatic carbocycles. The second-order valence-corrected chi connectivity index (χ2v) is 7.73. The number of primary amides is 1. The third-order valence-corrected chi connectivity index (χ3v) is 3.97. The van der Waals surface area contributed by atoms with E-state index in [0.717, 1.165) is 24.9 Å². The molecule has 2 amide bonds. The number of amides is 2. The molecule has 1 rings (SSSR count). The van der Waals surface area contributed by atoms with Crippen molar-refractivity contribution >= 4 is 6.03 Å². The highest BCUT2D eigenvalue weighted by atomic mass is 16.2. The van der Waals surface area contributed by atoms with Crippen LogP contribution in [0.2, 0.25) is 0 Å². The minimum absolute atomic E-state index is 0.291. The maximum Gasteiger partial charge on any atom is 0.315 e. The summed E-state index contributed by atoms with van der Waals surface area (Å²) in [6.45, 7) is 10.3. The second-order valence-electron chi connectivity index (χ2n) is 7.73. The van der Waals surface area contributed by atoms with Gasteiger partial charge in [-0.25, -0.2) is 4.79 Å². The van der Waals surface area contributed by atoms with Gasteiger partial charge in [-0.15, -0.1) is 0 Å². The van der Waals surface area contributed by atoms with Crippen molar-refractivity contribution in [2.75, 3.05) is 6.54 Å². The summed E-state index contributed by atoms with van der Waals surface area (Å²) in [4.78, 5) is 13.4. The van der Waals surface area contributed by atoms with E-state index in [2.05, 4.69) is 52.0 Å². The Morgan fingerprint density at radius 1 is 1.00 bits per heavy atom. The molecule has 0 aliphatic heterocycles.